The van der Waals surface area contributed by atoms with Gasteiger partial charge in [-0.2, -0.15) is 0 Å². The number of oxazole rings is 1. The van der Waals surface area contributed by atoms with Crippen molar-refractivity contribution in [2.45, 2.75) is 0 Å². The van der Waals surface area contributed by atoms with Crippen LogP contribution in [0.1, 0.15) is 0 Å². The molecule has 0 saturated heterocycles. The fraction of sp³-hybridized carbons (Fsp3) is 0. The number of nitrogens with zero attached hydrogens (tertiary/aromatic N) is 2. The molecule has 4 aromatic heterocycles. The van der Waals surface area contributed by atoms with Crippen LogP contribution in [0.2, 0.25) is 0 Å². The van der Waals surface area contributed by atoms with Crippen molar-refractivity contribution in [2.24, 2.45) is 0 Å². The molecule has 0 atom stereocenters. The zero-order chi connectivity index (χ0) is 32.1. The smallest absolute Gasteiger partial charge is 0.228 e. The van der Waals surface area contributed by atoms with Gasteiger partial charge in [0.2, 0.25) is 5.89 Å². The van der Waals surface area contributed by atoms with Crippen LogP contribution in [0.4, 0.5) is 17.1 Å². The van der Waals surface area contributed by atoms with Gasteiger partial charge in [-0.05, 0) is 66.7 Å². The largest absolute Gasteiger partial charge is 0.456 e. The maximum Gasteiger partial charge on any atom is 0.228 e. The van der Waals surface area contributed by atoms with Crippen LogP contribution >= 0.6 is 0 Å². The SMILES string of the molecule is c1ccc2oc(-c3cccc4oc5c(N(c6ccc7c(c6)oc6ccccc67)c6ccc7c(c6)oc6ccccc67)cccc5c34)nc2c1. The Morgan fingerprint density at radius 1 is 0.408 bits per heavy atom. The first-order chi connectivity index (χ1) is 24.3. The molecule has 4 heterocycles. The maximum absolute atomic E-state index is 6.76. The molecule has 11 rings (SSSR count). The molecule has 0 aliphatic rings. The standard InChI is InChI=1S/C43H24N2O4/c1-4-15-35-27(9-1)29-21-19-25(23-39(29)46-35)45(26-20-22-30-28-10-2-5-16-36(28)47-40(30)24-26)34-14-7-11-31-41-32(12-8-18-38(41)48-42(31)34)43-44-33-13-3-6-17-37(33)49-43/h1-24H. The number of anilines is 3. The van der Waals surface area contributed by atoms with Gasteiger partial charge in [0.25, 0.3) is 0 Å². The number of fused-ring (bicyclic) bond motifs is 10. The summed E-state index contributed by atoms with van der Waals surface area (Å²) in [6, 6.07) is 49.1. The van der Waals surface area contributed by atoms with Gasteiger partial charge >= 0.3 is 0 Å². The van der Waals surface area contributed by atoms with Gasteiger partial charge in [-0.15, -0.1) is 0 Å². The van der Waals surface area contributed by atoms with E-state index in [9.17, 15) is 0 Å². The van der Waals surface area contributed by atoms with Crippen LogP contribution in [0, 0.1) is 0 Å². The van der Waals surface area contributed by atoms with Crippen molar-refractivity contribution < 1.29 is 17.7 Å². The lowest BCUT2D eigenvalue weighted by molar-refractivity contribution is 0.620. The van der Waals surface area contributed by atoms with Crippen molar-refractivity contribution in [3.05, 3.63) is 146 Å². The molecular weight excluding hydrogens is 608 g/mol. The van der Waals surface area contributed by atoms with Crippen molar-refractivity contribution in [1.29, 1.82) is 0 Å². The first-order valence-corrected chi connectivity index (χ1v) is 16.2. The second-order valence-electron chi connectivity index (χ2n) is 12.3. The molecule has 49 heavy (non-hydrogen) atoms. The van der Waals surface area contributed by atoms with E-state index in [0.29, 0.717) is 5.89 Å². The number of furan rings is 3. The van der Waals surface area contributed by atoms with Gasteiger partial charge in [-0.1, -0.05) is 66.7 Å². The fourth-order valence-corrected chi connectivity index (χ4v) is 7.31. The molecule has 0 aliphatic carbocycles. The van der Waals surface area contributed by atoms with E-state index >= 15 is 0 Å². The van der Waals surface area contributed by atoms with E-state index in [-0.39, 0.29) is 0 Å². The number of para-hydroxylation sites is 5. The van der Waals surface area contributed by atoms with Crippen LogP contribution in [0.5, 0.6) is 0 Å². The highest BCUT2D eigenvalue weighted by atomic mass is 16.4. The number of benzene rings is 7. The van der Waals surface area contributed by atoms with Gasteiger partial charge in [0.05, 0.1) is 17.1 Å². The zero-order valence-electron chi connectivity index (χ0n) is 25.9. The molecule has 0 radical (unpaired) electrons. The van der Waals surface area contributed by atoms with Gasteiger partial charge in [0.15, 0.2) is 11.2 Å². The Kier molecular flexibility index (Phi) is 5.29. The molecule has 7 aromatic carbocycles. The van der Waals surface area contributed by atoms with Crippen LogP contribution in [-0.4, -0.2) is 4.98 Å². The fourth-order valence-electron chi connectivity index (χ4n) is 7.31. The van der Waals surface area contributed by atoms with Gasteiger partial charge < -0.3 is 22.6 Å². The number of hydrogen-bond acceptors (Lipinski definition) is 6. The maximum atomic E-state index is 6.76. The van der Waals surface area contributed by atoms with Crippen LogP contribution < -0.4 is 4.90 Å². The van der Waals surface area contributed by atoms with Crippen molar-refractivity contribution in [1.82, 2.24) is 4.98 Å². The summed E-state index contributed by atoms with van der Waals surface area (Å²) in [5.74, 6) is 0.558. The monoisotopic (exact) mass is 632 g/mol. The first kappa shape index (κ1) is 26.3. The lowest BCUT2D eigenvalue weighted by Crippen LogP contribution is -2.10. The van der Waals surface area contributed by atoms with Crippen molar-refractivity contribution in [2.75, 3.05) is 4.90 Å². The summed E-state index contributed by atoms with van der Waals surface area (Å²) in [6.07, 6.45) is 0. The van der Waals surface area contributed by atoms with E-state index < -0.39 is 0 Å². The topological polar surface area (TPSA) is 68.7 Å². The Morgan fingerprint density at radius 3 is 1.67 bits per heavy atom. The van der Waals surface area contributed by atoms with Crippen LogP contribution in [-0.2, 0) is 0 Å². The third-order valence-electron chi connectivity index (χ3n) is 9.51. The summed E-state index contributed by atoms with van der Waals surface area (Å²) in [5.41, 5.74) is 10.00. The molecule has 0 aliphatic heterocycles. The molecule has 0 N–H and O–H groups in total. The van der Waals surface area contributed by atoms with E-state index in [2.05, 4.69) is 71.6 Å². The summed E-state index contributed by atoms with van der Waals surface area (Å²) in [6.45, 7) is 0. The third kappa shape index (κ3) is 3.85. The van der Waals surface area contributed by atoms with E-state index in [0.717, 1.165) is 99.5 Å². The normalized spacial score (nSPS) is 12.1. The van der Waals surface area contributed by atoms with Gasteiger partial charge in [0, 0.05) is 50.0 Å². The molecule has 0 fully saturated rings. The minimum Gasteiger partial charge on any atom is -0.456 e. The second-order valence-corrected chi connectivity index (χ2v) is 12.3. The molecule has 11 aromatic rings. The van der Waals surface area contributed by atoms with Crippen LogP contribution in [0.25, 0.3) is 88.4 Å². The Balaban J connectivity index is 1.17. The highest BCUT2D eigenvalue weighted by molar-refractivity contribution is 6.16. The van der Waals surface area contributed by atoms with Crippen molar-refractivity contribution >= 4 is 94.0 Å². The van der Waals surface area contributed by atoms with Gasteiger partial charge in [0.1, 0.15) is 33.4 Å². The summed E-state index contributed by atoms with van der Waals surface area (Å²) in [4.78, 5) is 7.04. The number of aromatic nitrogens is 1. The highest BCUT2D eigenvalue weighted by Gasteiger charge is 2.23. The Bertz CT molecular complexity index is 2940. The van der Waals surface area contributed by atoms with E-state index in [1.54, 1.807) is 0 Å². The molecule has 0 amide bonds. The molecule has 0 spiro atoms. The average molecular weight is 633 g/mol. The van der Waals surface area contributed by atoms with Gasteiger partial charge in [-0.25, -0.2) is 4.98 Å². The quantitative estimate of drug-likeness (QED) is 0.192. The molecule has 6 nitrogen and oxygen atoms in total. The summed E-state index contributed by atoms with van der Waals surface area (Å²) in [7, 11) is 0. The molecule has 6 heteroatoms. The summed E-state index contributed by atoms with van der Waals surface area (Å²) >= 11 is 0. The molecule has 0 saturated carbocycles. The van der Waals surface area contributed by atoms with Gasteiger partial charge in [-0.3, -0.25) is 0 Å². The zero-order valence-corrected chi connectivity index (χ0v) is 25.9. The van der Waals surface area contributed by atoms with Crippen LogP contribution in [0.15, 0.2) is 163 Å². The average Bonchev–Trinajstić information content (AvgIpc) is 3.92. The minimum atomic E-state index is 0.558. The minimum absolute atomic E-state index is 0.558. The second kappa shape index (κ2) is 9.86. The van der Waals surface area contributed by atoms with Crippen molar-refractivity contribution in [3.8, 4) is 11.5 Å². The number of hydrogen-bond donors (Lipinski definition) is 0. The lowest BCUT2D eigenvalue weighted by Gasteiger charge is -2.25. The Hall–Kier alpha value is -6.79. The van der Waals surface area contributed by atoms with Crippen molar-refractivity contribution in [3.63, 3.8) is 0 Å². The molecular formula is C43H24N2O4. The van der Waals surface area contributed by atoms with E-state index in [1.807, 2.05) is 78.9 Å². The third-order valence-corrected chi connectivity index (χ3v) is 9.51. The summed E-state index contributed by atoms with van der Waals surface area (Å²) in [5, 5.41) is 6.22. The number of rotatable bonds is 4. The molecule has 0 unspecified atom stereocenters. The predicted molar refractivity (Wildman–Crippen MR) is 196 cm³/mol. The molecule has 0 bridgehead atoms. The highest BCUT2D eigenvalue weighted by Crippen LogP contribution is 2.46. The first-order valence-electron chi connectivity index (χ1n) is 16.2. The summed E-state index contributed by atoms with van der Waals surface area (Å²) < 4.78 is 25.7. The van der Waals surface area contributed by atoms with E-state index in [4.69, 9.17) is 22.7 Å². The van der Waals surface area contributed by atoms with Crippen LogP contribution in [0.3, 0.4) is 0 Å². The van der Waals surface area contributed by atoms with E-state index in [1.165, 1.54) is 0 Å². The lowest BCUT2D eigenvalue weighted by atomic mass is 10.0. The Morgan fingerprint density at radius 2 is 0.980 bits per heavy atom. The molecule has 230 valence electrons. The predicted octanol–water partition coefficient (Wildman–Crippen LogP) is 12.7. The Labute approximate surface area is 278 Å².